The zero-order valence-electron chi connectivity index (χ0n) is 31.4. The van der Waals surface area contributed by atoms with Gasteiger partial charge in [-0.15, -0.1) is 0 Å². The molecule has 0 bridgehead atoms. The molecule has 2 aromatic rings. The van der Waals surface area contributed by atoms with E-state index in [1.165, 1.54) is 42.5 Å². The number of piperazine rings is 1. The van der Waals surface area contributed by atoms with E-state index >= 15 is 0 Å². The second-order valence-corrected chi connectivity index (χ2v) is 16.2. The van der Waals surface area contributed by atoms with Gasteiger partial charge in [-0.25, -0.2) is 0 Å². The Bertz CT molecular complexity index is 1460. The van der Waals surface area contributed by atoms with Gasteiger partial charge in [0.05, 0.1) is 18.5 Å². The molecule has 0 aromatic heterocycles. The van der Waals surface area contributed by atoms with Crippen LogP contribution in [0.5, 0.6) is 0 Å². The first-order chi connectivity index (χ1) is 24.7. The molecule has 3 aliphatic heterocycles. The number of benzene rings is 2. The van der Waals surface area contributed by atoms with E-state index in [1.807, 2.05) is 15.9 Å². The highest BCUT2D eigenvalue weighted by Crippen LogP contribution is 2.45. The van der Waals surface area contributed by atoms with E-state index in [0.717, 1.165) is 76.8 Å². The van der Waals surface area contributed by atoms with Crippen LogP contribution < -0.4 is 5.32 Å². The lowest BCUT2D eigenvalue weighted by Crippen LogP contribution is -2.62. The van der Waals surface area contributed by atoms with Crippen LogP contribution >= 0.6 is 0 Å². The first-order valence-electron chi connectivity index (χ1n) is 19.6. The van der Waals surface area contributed by atoms with Crippen molar-refractivity contribution in [3.8, 4) is 0 Å². The fraction of sp³-hybridized carbons (Fsp3) is 0.659. The third-order valence-corrected chi connectivity index (χ3v) is 12.5. The predicted octanol–water partition coefficient (Wildman–Crippen LogP) is 4.55. The summed E-state index contributed by atoms with van der Waals surface area (Å²) >= 11 is 0. The fourth-order valence-electron chi connectivity index (χ4n) is 9.41. The number of amides is 2. The maximum atomic E-state index is 14.6. The summed E-state index contributed by atoms with van der Waals surface area (Å²) in [6.45, 7) is 7.39. The maximum absolute atomic E-state index is 14.6. The highest BCUT2D eigenvalue weighted by molar-refractivity contribution is 5.83. The molecule has 2 aromatic carbocycles. The molecule has 10 nitrogen and oxygen atoms in total. The molecule has 4 aliphatic rings. The zero-order chi connectivity index (χ0) is 35.8. The first kappa shape index (κ1) is 37.6. The van der Waals surface area contributed by atoms with E-state index in [0.29, 0.717) is 37.5 Å². The fourth-order valence-corrected chi connectivity index (χ4v) is 9.41. The SMILES string of the molecule is CN(C)CCCC[C@H](C(=O)N1CCN(C(=O)Cc2cccc3c2CCNC3)CC1CN=O)N(C)C1CCC2(CC1)CCN(Cc1ccccc1)C2. The molecule has 0 radical (unpaired) electrons. The lowest BCUT2D eigenvalue weighted by molar-refractivity contribution is -0.147. The van der Waals surface area contributed by atoms with Crippen molar-refractivity contribution in [2.75, 3.05) is 73.5 Å². The van der Waals surface area contributed by atoms with E-state index in [2.05, 4.69) is 88.8 Å². The van der Waals surface area contributed by atoms with Crippen molar-refractivity contribution in [1.82, 2.24) is 29.8 Å². The summed E-state index contributed by atoms with van der Waals surface area (Å²) in [7, 11) is 6.35. The standard InChI is InChI=1S/C41H61N7O3/c1-44(2)22-8-7-14-38(45(3)35-15-18-41(19-16-35)20-23-46(31-41)29-32-10-5-4-6-11-32)40(50)48-25-24-47(30-36(48)28-43-51)39(49)26-33-12-9-13-34-27-42-21-17-37(33)34/h4-6,9-13,35-36,38,42H,7-8,14-31H2,1-3H3/t35?,36?,38-,41?/m1/s1. The topological polar surface area (TPSA) is 91.8 Å². The van der Waals surface area contributed by atoms with Gasteiger partial charge in [0.15, 0.2) is 0 Å². The van der Waals surface area contributed by atoms with Crippen molar-refractivity contribution in [3.05, 3.63) is 75.7 Å². The Morgan fingerprint density at radius 3 is 2.55 bits per heavy atom. The smallest absolute Gasteiger partial charge is 0.240 e. The molecular formula is C41H61N7O3. The molecule has 1 unspecified atom stereocenters. The average molecular weight is 700 g/mol. The van der Waals surface area contributed by atoms with Crippen LogP contribution in [0, 0.1) is 10.3 Å². The van der Waals surface area contributed by atoms with Gasteiger partial charge in [0, 0.05) is 45.3 Å². The molecule has 10 heteroatoms. The summed E-state index contributed by atoms with van der Waals surface area (Å²) < 4.78 is 0. The number of unbranched alkanes of at least 4 members (excludes halogenated alkanes) is 1. The molecule has 2 saturated heterocycles. The lowest BCUT2D eigenvalue weighted by atomic mass is 9.71. The monoisotopic (exact) mass is 699 g/mol. The Hall–Kier alpha value is -3.18. The molecule has 3 heterocycles. The molecular weight excluding hydrogens is 638 g/mol. The molecule has 278 valence electrons. The number of nitroso groups, excluding NO2 is 1. The minimum Gasteiger partial charge on any atom is -0.338 e. The van der Waals surface area contributed by atoms with E-state index in [9.17, 15) is 14.5 Å². The Balaban J connectivity index is 1.09. The molecule has 3 fully saturated rings. The van der Waals surface area contributed by atoms with Gasteiger partial charge in [0.2, 0.25) is 11.8 Å². The van der Waals surface area contributed by atoms with Crippen LogP contribution in [0.3, 0.4) is 0 Å². The average Bonchev–Trinajstić information content (AvgIpc) is 3.53. The summed E-state index contributed by atoms with van der Waals surface area (Å²) in [5, 5.41) is 6.70. The van der Waals surface area contributed by atoms with E-state index in [4.69, 9.17) is 0 Å². The molecule has 1 aliphatic carbocycles. The van der Waals surface area contributed by atoms with Crippen LogP contribution in [0.25, 0.3) is 0 Å². The number of hydrogen-bond acceptors (Lipinski definition) is 8. The van der Waals surface area contributed by atoms with Gasteiger partial charge in [0.1, 0.15) is 6.54 Å². The number of hydrogen-bond donors (Lipinski definition) is 1. The van der Waals surface area contributed by atoms with Gasteiger partial charge >= 0.3 is 0 Å². The summed E-state index contributed by atoms with van der Waals surface area (Å²) in [6, 6.07) is 16.8. The number of likely N-dealkylation sites (tertiary alicyclic amines) is 1. The minimum atomic E-state index is -0.400. The first-order valence-corrected chi connectivity index (χ1v) is 19.6. The normalized spacial score (nSPS) is 24.6. The van der Waals surface area contributed by atoms with Gasteiger partial charge in [-0.05, 0) is 120 Å². The van der Waals surface area contributed by atoms with Crippen molar-refractivity contribution < 1.29 is 9.59 Å². The summed E-state index contributed by atoms with van der Waals surface area (Å²) in [5.74, 6) is 0.163. The number of carbonyl (C=O) groups is 2. The number of nitrogens with one attached hydrogen (secondary N) is 1. The molecule has 51 heavy (non-hydrogen) atoms. The highest BCUT2D eigenvalue weighted by Gasteiger charge is 2.44. The van der Waals surface area contributed by atoms with E-state index in [-0.39, 0.29) is 24.4 Å². The van der Waals surface area contributed by atoms with Crippen molar-refractivity contribution in [2.45, 2.75) is 95.4 Å². The van der Waals surface area contributed by atoms with Gasteiger partial charge in [-0.1, -0.05) is 60.1 Å². The van der Waals surface area contributed by atoms with Crippen molar-refractivity contribution in [2.24, 2.45) is 10.6 Å². The van der Waals surface area contributed by atoms with Gasteiger partial charge in [0.25, 0.3) is 0 Å². The maximum Gasteiger partial charge on any atom is 0.240 e. The van der Waals surface area contributed by atoms with Gasteiger partial charge in [-0.3, -0.25) is 19.4 Å². The van der Waals surface area contributed by atoms with Crippen LogP contribution in [-0.2, 0) is 35.5 Å². The number of nitrogens with zero attached hydrogens (tertiary/aromatic N) is 6. The molecule has 6 rings (SSSR count). The lowest BCUT2D eigenvalue weighted by Gasteiger charge is -2.46. The quantitative estimate of drug-likeness (QED) is 0.229. The minimum absolute atomic E-state index is 0.00438. The van der Waals surface area contributed by atoms with Crippen LogP contribution in [0.1, 0.15) is 73.6 Å². The summed E-state index contributed by atoms with van der Waals surface area (Å²) in [5.41, 5.74) is 5.43. The molecule has 1 N–H and O–H groups in total. The highest BCUT2D eigenvalue weighted by atomic mass is 16.3. The molecule has 2 amide bonds. The third kappa shape index (κ3) is 9.44. The number of rotatable bonds is 14. The predicted molar refractivity (Wildman–Crippen MR) is 203 cm³/mol. The molecule has 2 atom stereocenters. The van der Waals surface area contributed by atoms with Crippen LogP contribution in [0.4, 0.5) is 0 Å². The molecule has 1 saturated carbocycles. The number of likely N-dealkylation sites (N-methyl/N-ethyl adjacent to an activating group) is 1. The second-order valence-electron chi connectivity index (χ2n) is 16.2. The number of fused-ring (bicyclic) bond motifs is 1. The zero-order valence-corrected chi connectivity index (χ0v) is 31.4. The largest absolute Gasteiger partial charge is 0.338 e. The van der Waals surface area contributed by atoms with E-state index < -0.39 is 6.04 Å². The molecule has 1 spiro atoms. The Morgan fingerprint density at radius 1 is 0.980 bits per heavy atom. The third-order valence-electron chi connectivity index (χ3n) is 12.5. The van der Waals surface area contributed by atoms with Crippen molar-refractivity contribution >= 4 is 11.8 Å². The van der Waals surface area contributed by atoms with Crippen LogP contribution in [-0.4, -0.2) is 128 Å². The Morgan fingerprint density at radius 2 is 1.78 bits per heavy atom. The van der Waals surface area contributed by atoms with E-state index in [1.54, 1.807) is 0 Å². The Kier molecular flexibility index (Phi) is 12.9. The van der Waals surface area contributed by atoms with Crippen molar-refractivity contribution in [3.63, 3.8) is 0 Å². The van der Waals surface area contributed by atoms with Crippen LogP contribution in [0.15, 0.2) is 53.7 Å². The summed E-state index contributed by atoms with van der Waals surface area (Å²) in [6.07, 6.45) is 9.96. The second kappa shape index (κ2) is 17.6. The van der Waals surface area contributed by atoms with Crippen molar-refractivity contribution in [1.29, 1.82) is 0 Å². The van der Waals surface area contributed by atoms with Crippen LogP contribution in [0.2, 0.25) is 0 Å². The number of carbonyl (C=O) groups excluding carboxylic acids is 2. The van der Waals surface area contributed by atoms with Gasteiger partial charge < -0.3 is 20.0 Å². The Labute approximate surface area is 305 Å². The summed E-state index contributed by atoms with van der Waals surface area (Å²) in [4.78, 5) is 51.0. The van der Waals surface area contributed by atoms with Gasteiger partial charge in [-0.2, -0.15) is 4.91 Å².